The Labute approximate surface area is 113 Å². The topological polar surface area (TPSA) is 68.8 Å². The first-order valence-electron chi connectivity index (χ1n) is 6.71. The number of nitrogens with zero attached hydrogens (tertiary/aromatic N) is 3. The zero-order valence-electron chi connectivity index (χ0n) is 11.3. The summed E-state index contributed by atoms with van der Waals surface area (Å²) in [5.41, 5.74) is 5.23. The van der Waals surface area contributed by atoms with Crippen molar-refractivity contribution in [3.05, 3.63) is 48.0 Å². The first-order chi connectivity index (χ1) is 9.33. The summed E-state index contributed by atoms with van der Waals surface area (Å²) in [5.74, 6) is 5.65. The summed E-state index contributed by atoms with van der Waals surface area (Å²) in [7, 11) is 0. The van der Waals surface area contributed by atoms with Crippen LogP contribution in [0.15, 0.2) is 36.9 Å². The van der Waals surface area contributed by atoms with Crippen molar-refractivity contribution in [1.82, 2.24) is 20.2 Å². The highest BCUT2D eigenvalue weighted by molar-refractivity contribution is 5.13. The highest BCUT2D eigenvalue weighted by Gasteiger charge is 2.12. The molecule has 2 aromatic rings. The lowest BCUT2D eigenvalue weighted by Crippen LogP contribution is -2.28. The summed E-state index contributed by atoms with van der Waals surface area (Å²) in [5, 5.41) is 4.34. The second kappa shape index (κ2) is 7.01. The van der Waals surface area contributed by atoms with Crippen molar-refractivity contribution in [2.75, 3.05) is 0 Å². The highest BCUT2D eigenvalue weighted by Crippen LogP contribution is 2.17. The van der Waals surface area contributed by atoms with Crippen LogP contribution in [-0.4, -0.2) is 14.8 Å². The van der Waals surface area contributed by atoms with Gasteiger partial charge in [-0.25, -0.2) is 0 Å². The highest BCUT2D eigenvalue weighted by atomic mass is 15.3. The molecule has 1 unspecified atom stereocenters. The molecule has 0 bridgehead atoms. The van der Waals surface area contributed by atoms with E-state index in [2.05, 4.69) is 34.7 Å². The van der Waals surface area contributed by atoms with Gasteiger partial charge in [0.1, 0.15) is 0 Å². The van der Waals surface area contributed by atoms with Crippen LogP contribution in [-0.2, 0) is 13.0 Å². The zero-order chi connectivity index (χ0) is 13.5. The molecule has 3 N–H and O–H groups in total. The minimum absolute atomic E-state index is 0.130. The molecule has 2 heterocycles. The minimum atomic E-state index is 0.130. The molecule has 5 heteroatoms. The van der Waals surface area contributed by atoms with Crippen molar-refractivity contribution in [3.8, 4) is 0 Å². The Kier molecular flexibility index (Phi) is 5.06. The Morgan fingerprint density at radius 3 is 3.00 bits per heavy atom. The molecule has 2 aromatic heterocycles. The van der Waals surface area contributed by atoms with Gasteiger partial charge >= 0.3 is 0 Å². The summed E-state index contributed by atoms with van der Waals surface area (Å²) >= 11 is 0. The van der Waals surface area contributed by atoms with Gasteiger partial charge in [-0.15, -0.1) is 0 Å². The lowest BCUT2D eigenvalue weighted by molar-refractivity contribution is 0.514. The van der Waals surface area contributed by atoms with Crippen molar-refractivity contribution < 1.29 is 0 Å². The number of pyridine rings is 1. The molecule has 0 amide bonds. The maximum Gasteiger partial charge on any atom is 0.0538 e. The molecule has 0 saturated heterocycles. The Hall–Kier alpha value is -1.72. The number of hydrogen-bond donors (Lipinski definition) is 2. The molecule has 102 valence electrons. The molecular weight excluding hydrogens is 238 g/mol. The third-order valence-electron chi connectivity index (χ3n) is 3.15. The number of aryl methyl sites for hydroxylation is 2. The summed E-state index contributed by atoms with van der Waals surface area (Å²) < 4.78 is 1.96. The van der Waals surface area contributed by atoms with Crippen LogP contribution in [0.1, 0.15) is 36.9 Å². The van der Waals surface area contributed by atoms with Crippen molar-refractivity contribution >= 4 is 0 Å². The monoisotopic (exact) mass is 259 g/mol. The molecule has 19 heavy (non-hydrogen) atoms. The third kappa shape index (κ3) is 3.87. The van der Waals surface area contributed by atoms with E-state index in [1.165, 1.54) is 5.56 Å². The van der Waals surface area contributed by atoms with Crippen LogP contribution in [0, 0.1) is 0 Å². The normalized spacial score (nSPS) is 12.5. The van der Waals surface area contributed by atoms with Gasteiger partial charge < -0.3 is 0 Å². The largest absolute Gasteiger partial charge is 0.272 e. The van der Waals surface area contributed by atoms with Crippen LogP contribution in [0.3, 0.4) is 0 Å². The number of rotatable bonds is 7. The summed E-state index contributed by atoms with van der Waals surface area (Å²) in [6.07, 6.45) is 10.6. The average Bonchev–Trinajstić information content (AvgIpc) is 2.90. The summed E-state index contributed by atoms with van der Waals surface area (Å²) in [6, 6.07) is 4.17. The number of hydrazine groups is 1. The Balaban J connectivity index is 1.95. The molecule has 0 aliphatic heterocycles. The first kappa shape index (κ1) is 13.7. The van der Waals surface area contributed by atoms with E-state index in [4.69, 9.17) is 5.84 Å². The van der Waals surface area contributed by atoms with Crippen molar-refractivity contribution in [2.24, 2.45) is 5.84 Å². The fourth-order valence-electron chi connectivity index (χ4n) is 2.11. The molecule has 0 fully saturated rings. The second-order valence-electron chi connectivity index (χ2n) is 4.66. The van der Waals surface area contributed by atoms with Gasteiger partial charge in [0.25, 0.3) is 0 Å². The molecule has 5 nitrogen and oxygen atoms in total. The molecule has 0 saturated carbocycles. The third-order valence-corrected chi connectivity index (χ3v) is 3.15. The summed E-state index contributed by atoms with van der Waals surface area (Å²) in [4.78, 5) is 4.12. The van der Waals surface area contributed by atoms with E-state index in [0.717, 1.165) is 31.4 Å². The van der Waals surface area contributed by atoms with Gasteiger partial charge in [-0.05, 0) is 30.9 Å². The quantitative estimate of drug-likeness (QED) is 0.588. The smallest absolute Gasteiger partial charge is 0.0538 e. The standard InChI is InChI=1S/C14H21N5/c1-2-8-19-11-13(10-17-19)14(18-15)6-5-12-4-3-7-16-9-12/h3-4,7,9-11,14,18H,2,5-6,8,15H2,1H3. The number of nitrogens with two attached hydrogens (primary N) is 1. The molecule has 2 rings (SSSR count). The fourth-order valence-corrected chi connectivity index (χ4v) is 2.11. The number of hydrogen-bond acceptors (Lipinski definition) is 4. The lowest BCUT2D eigenvalue weighted by Gasteiger charge is -2.13. The minimum Gasteiger partial charge on any atom is -0.272 e. The SMILES string of the molecule is CCCn1cc(C(CCc2cccnc2)NN)cn1. The Morgan fingerprint density at radius 2 is 2.32 bits per heavy atom. The van der Waals surface area contributed by atoms with Gasteiger partial charge in [-0.3, -0.25) is 20.9 Å². The molecule has 0 radical (unpaired) electrons. The van der Waals surface area contributed by atoms with Crippen LogP contribution in [0.25, 0.3) is 0 Å². The zero-order valence-corrected chi connectivity index (χ0v) is 11.3. The predicted octanol–water partition coefficient (Wildman–Crippen LogP) is 1.83. The van der Waals surface area contributed by atoms with E-state index < -0.39 is 0 Å². The van der Waals surface area contributed by atoms with Crippen LogP contribution in [0.2, 0.25) is 0 Å². The molecular formula is C14H21N5. The van der Waals surface area contributed by atoms with Gasteiger partial charge in [0.15, 0.2) is 0 Å². The first-order valence-corrected chi connectivity index (χ1v) is 6.71. The molecule has 0 aliphatic carbocycles. The van der Waals surface area contributed by atoms with Crippen LogP contribution >= 0.6 is 0 Å². The lowest BCUT2D eigenvalue weighted by atomic mass is 10.0. The van der Waals surface area contributed by atoms with Crippen LogP contribution < -0.4 is 11.3 Å². The molecule has 0 aromatic carbocycles. The van der Waals surface area contributed by atoms with Crippen molar-refractivity contribution in [1.29, 1.82) is 0 Å². The Bertz CT molecular complexity index is 480. The summed E-state index contributed by atoms with van der Waals surface area (Å²) in [6.45, 7) is 3.09. The van der Waals surface area contributed by atoms with Gasteiger partial charge in [0.2, 0.25) is 0 Å². The van der Waals surface area contributed by atoms with Gasteiger partial charge in [0, 0.05) is 36.7 Å². The van der Waals surface area contributed by atoms with E-state index in [0.29, 0.717) is 0 Å². The molecule has 1 atom stereocenters. The molecule has 0 aliphatic rings. The van der Waals surface area contributed by atoms with Crippen LogP contribution in [0.5, 0.6) is 0 Å². The maximum atomic E-state index is 5.65. The fraction of sp³-hybridized carbons (Fsp3) is 0.429. The van der Waals surface area contributed by atoms with Gasteiger partial charge in [-0.2, -0.15) is 5.10 Å². The van der Waals surface area contributed by atoms with E-state index >= 15 is 0 Å². The maximum absolute atomic E-state index is 5.65. The van der Waals surface area contributed by atoms with Crippen LogP contribution in [0.4, 0.5) is 0 Å². The molecule has 0 spiro atoms. The second-order valence-corrected chi connectivity index (χ2v) is 4.66. The van der Waals surface area contributed by atoms with Gasteiger partial charge in [-0.1, -0.05) is 13.0 Å². The van der Waals surface area contributed by atoms with Gasteiger partial charge in [0.05, 0.1) is 6.20 Å². The average molecular weight is 259 g/mol. The number of nitrogens with one attached hydrogen (secondary N) is 1. The van der Waals surface area contributed by atoms with Crippen molar-refractivity contribution in [3.63, 3.8) is 0 Å². The van der Waals surface area contributed by atoms with E-state index in [-0.39, 0.29) is 6.04 Å². The van der Waals surface area contributed by atoms with E-state index in [9.17, 15) is 0 Å². The number of aromatic nitrogens is 3. The van der Waals surface area contributed by atoms with Crippen molar-refractivity contribution in [2.45, 2.75) is 38.8 Å². The predicted molar refractivity (Wildman–Crippen MR) is 75.1 cm³/mol. The Morgan fingerprint density at radius 1 is 1.42 bits per heavy atom. The van der Waals surface area contributed by atoms with E-state index in [1.807, 2.05) is 23.1 Å². The van der Waals surface area contributed by atoms with E-state index in [1.54, 1.807) is 6.20 Å².